The van der Waals surface area contributed by atoms with E-state index in [-0.39, 0.29) is 36.5 Å². The number of piperidine rings is 1. The van der Waals surface area contributed by atoms with Crippen LogP contribution in [0.15, 0.2) is 0 Å². The second-order valence-corrected chi connectivity index (χ2v) is 6.18. The standard InChI is InChI=1S/C16H24N2O3/c1-3-5-12(4-2)17-16(21)18-13-6-7-14(18)9-11(8-13)10-15(19)20/h2,11-14H,3,5-10H2,1H3,(H,17,21)(H,19,20). The molecule has 5 heteroatoms. The molecule has 2 bridgehead atoms. The largest absolute Gasteiger partial charge is 0.481 e. The zero-order chi connectivity index (χ0) is 15.4. The summed E-state index contributed by atoms with van der Waals surface area (Å²) in [5.41, 5.74) is 0. The molecule has 0 aromatic heterocycles. The number of carboxylic acids is 1. The van der Waals surface area contributed by atoms with E-state index < -0.39 is 5.97 Å². The minimum atomic E-state index is -0.743. The Morgan fingerprint density at radius 1 is 1.38 bits per heavy atom. The summed E-state index contributed by atoms with van der Waals surface area (Å²) < 4.78 is 0. The fraction of sp³-hybridized carbons (Fsp3) is 0.750. The number of rotatable bonds is 5. The highest BCUT2D eigenvalue weighted by Crippen LogP contribution is 2.39. The Bertz CT molecular complexity index is 429. The number of carboxylic acid groups (broad SMARTS) is 1. The summed E-state index contributed by atoms with van der Waals surface area (Å²) in [5, 5.41) is 11.9. The molecule has 21 heavy (non-hydrogen) atoms. The zero-order valence-electron chi connectivity index (χ0n) is 12.5. The van der Waals surface area contributed by atoms with Crippen molar-refractivity contribution in [2.45, 2.75) is 70.0 Å². The van der Waals surface area contributed by atoms with Gasteiger partial charge in [0.05, 0.1) is 6.04 Å². The van der Waals surface area contributed by atoms with Crippen LogP contribution in [0.2, 0.25) is 0 Å². The van der Waals surface area contributed by atoms with Gasteiger partial charge in [0, 0.05) is 18.5 Å². The summed E-state index contributed by atoms with van der Waals surface area (Å²) in [5.74, 6) is 2.08. The van der Waals surface area contributed by atoms with E-state index in [9.17, 15) is 9.59 Å². The molecule has 0 saturated carbocycles. The quantitative estimate of drug-likeness (QED) is 0.763. The average molecular weight is 292 g/mol. The molecule has 2 amide bonds. The number of hydrogen-bond acceptors (Lipinski definition) is 2. The Morgan fingerprint density at radius 2 is 2.00 bits per heavy atom. The van der Waals surface area contributed by atoms with Gasteiger partial charge < -0.3 is 15.3 Å². The molecular weight excluding hydrogens is 268 g/mol. The van der Waals surface area contributed by atoms with Crippen LogP contribution in [0.1, 0.15) is 51.9 Å². The molecule has 116 valence electrons. The maximum absolute atomic E-state index is 12.4. The molecule has 2 fully saturated rings. The molecule has 2 heterocycles. The highest BCUT2D eigenvalue weighted by molar-refractivity contribution is 5.76. The summed E-state index contributed by atoms with van der Waals surface area (Å²) in [6.07, 6.45) is 10.9. The van der Waals surface area contributed by atoms with Gasteiger partial charge in [0.2, 0.25) is 0 Å². The first-order valence-electron chi connectivity index (χ1n) is 7.81. The molecule has 5 nitrogen and oxygen atoms in total. The third kappa shape index (κ3) is 3.69. The SMILES string of the molecule is C#CC(CCC)NC(=O)N1C2CCC1CC(CC(=O)O)C2. The molecule has 2 aliphatic heterocycles. The van der Waals surface area contributed by atoms with Crippen LogP contribution in [-0.2, 0) is 4.79 Å². The van der Waals surface area contributed by atoms with Crippen LogP contribution in [0.5, 0.6) is 0 Å². The van der Waals surface area contributed by atoms with E-state index in [0.717, 1.165) is 38.5 Å². The minimum absolute atomic E-state index is 0.0762. The van der Waals surface area contributed by atoms with Gasteiger partial charge in [-0.15, -0.1) is 6.42 Å². The van der Waals surface area contributed by atoms with Crippen LogP contribution in [0.25, 0.3) is 0 Å². The molecule has 2 rings (SSSR count). The lowest BCUT2D eigenvalue weighted by Crippen LogP contribution is -2.53. The number of nitrogens with zero attached hydrogens (tertiary/aromatic N) is 1. The highest BCUT2D eigenvalue weighted by atomic mass is 16.4. The Labute approximate surface area is 126 Å². The number of hydrogen-bond donors (Lipinski definition) is 2. The number of nitrogens with one attached hydrogen (secondary N) is 1. The van der Waals surface area contributed by atoms with Gasteiger partial charge in [-0.25, -0.2) is 4.79 Å². The molecule has 0 spiro atoms. The fourth-order valence-corrected chi connectivity index (χ4v) is 3.74. The lowest BCUT2D eigenvalue weighted by Gasteiger charge is -2.39. The Kier molecular flexibility index (Phi) is 5.11. The average Bonchev–Trinajstić information content (AvgIpc) is 2.69. The number of terminal acetylenes is 1. The number of amides is 2. The summed E-state index contributed by atoms with van der Waals surface area (Å²) in [4.78, 5) is 25.2. The van der Waals surface area contributed by atoms with Crippen LogP contribution in [0.3, 0.4) is 0 Å². The van der Waals surface area contributed by atoms with Crippen molar-refractivity contribution in [3.05, 3.63) is 0 Å². The first-order valence-corrected chi connectivity index (χ1v) is 7.81. The predicted molar refractivity (Wildman–Crippen MR) is 79.7 cm³/mol. The van der Waals surface area contributed by atoms with Crippen molar-refractivity contribution in [1.29, 1.82) is 0 Å². The number of urea groups is 1. The minimum Gasteiger partial charge on any atom is -0.481 e. The predicted octanol–water partition coefficient (Wildman–Crippen LogP) is 2.22. The van der Waals surface area contributed by atoms with Crippen LogP contribution >= 0.6 is 0 Å². The molecule has 0 aromatic rings. The van der Waals surface area contributed by atoms with Crippen molar-refractivity contribution in [3.63, 3.8) is 0 Å². The van der Waals surface area contributed by atoms with Crippen molar-refractivity contribution < 1.29 is 14.7 Å². The smallest absolute Gasteiger partial charge is 0.318 e. The van der Waals surface area contributed by atoms with Crippen LogP contribution in [0, 0.1) is 18.3 Å². The van der Waals surface area contributed by atoms with Crippen LogP contribution < -0.4 is 5.32 Å². The summed E-state index contributed by atoms with van der Waals surface area (Å²) in [7, 11) is 0. The van der Waals surface area contributed by atoms with Gasteiger partial charge >= 0.3 is 12.0 Å². The van der Waals surface area contributed by atoms with Crippen LogP contribution in [-0.4, -0.2) is 40.1 Å². The van der Waals surface area contributed by atoms with Crippen molar-refractivity contribution in [1.82, 2.24) is 10.2 Å². The lowest BCUT2D eigenvalue weighted by atomic mass is 9.88. The van der Waals surface area contributed by atoms with Gasteiger partial charge in [0.1, 0.15) is 0 Å². The van der Waals surface area contributed by atoms with Crippen LogP contribution in [0.4, 0.5) is 4.79 Å². The zero-order valence-corrected chi connectivity index (χ0v) is 12.5. The Morgan fingerprint density at radius 3 is 2.48 bits per heavy atom. The molecular formula is C16H24N2O3. The third-order valence-corrected chi connectivity index (χ3v) is 4.60. The van der Waals surface area contributed by atoms with E-state index in [0.29, 0.717) is 0 Å². The van der Waals surface area contributed by atoms with Crippen molar-refractivity contribution in [2.24, 2.45) is 5.92 Å². The van der Waals surface area contributed by atoms with Gasteiger partial charge in [0.15, 0.2) is 0 Å². The first kappa shape index (κ1) is 15.7. The maximum atomic E-state index is 12.4. The fourth-order valence-electron chi connectivity index (χ4n) is 3.74. The van der Waals surface area contributed by atoms with Gasteiger partial charge in [0.25, 0.3) is 0 Å². The van der Waals surface area contributed by atoms with Gasteiger partial charge in [-0.2, -0.15) is 0 Å². The van der Waals surface area contributed by atoms with Crippen molar-refractivity contribution >= 4 is 12.0 Å². The normalized spacial score (nSPS) is 28.8. The van der Waals surface area contributed by atoms with Crippen molar-refractivity contribution in [2.75, 3.05) is 0 Å². The van der Waals surface area contributed by atoms with E-state index in [2.05, 4.69) is 11.2 Å². The number of carbonyl (C=O) groups is 2. The van der Waals surface area contributed by atoms with Gasteiger partial charge in [-0.05, 0) is 38.0 Å². The second kappa shape index (κ2) is 6.84. The monoisotopic (exact) mass is 292 g/mol. The summed E-state index contributed by atoms with van der Waals surface area (Å²) in [6, 6.07) is 0.0626. The highest BCUT2D eigenvalue weighted by Gasteiger charge is 2.43. The topological polar surface area (TPSA) is 69.6 Å². The molecule has 2 N–H and O–H groups in total. The first-order chi connectivity index (χ1) is 10.0. The number of fused-ring (bicyclic) bond motifs is 2. The molecule has 0 aromatic carbocycles. The molecule has 0 radical (unpaired) electrons. The molecule has 3 atom stereocenters. The summed E-state index contributed by atoms with van der Waals surface area (Å²) >= 11 is 0. The van der Waals surface area contributed by atoms with Gasteiger partial charge in [-0.1, -0.05) is 19.3 Å². The Hall–Kier alpha value is -1.70. The molecule has 2 saturated heterocycles. The molecule has 3 unspecified atom stereocenters. The van der Waals surface area contributed by atoms with E-state index >= 15 is 0 Å². The number of carbonyl (C=O) groups excluding carboxylic acids is 1. The second-order valence-electron chi connectivity index (χ2n) is 6.18. The van der Waals surface area contributed by atoms with E-state index in [4.69, 9.17) is 11.5 Å². The summed E-state index contributed by atoms with van der Waals surface area (Å²) in [6.45, 7) is 2.04. The number of aliphatic carboxylic acids is 1. The third-order valence-electron chi connectivity index (χ3n) is 4.60. The van der Waals surface area contributed by atoms with Gasteiger partial charge in [-0.3, -0.25) is 4.79 Å². The maximum Gasteiger partial charge on any atom is 0.318 e. The van der Waals surface area contributed by atoms with E-state index in [1.165, 1.54) is 0 Å². The Balaban J connectivity index is 1.95. The molecule has 0 aliphatic carbocycles. The van der Waals surface area contributed by atoms with E-state index in [1.54, 1.807) is 0 Å². The lowest BCUT2D eigenvalue weighted by molar-refractivity contribution is -0.138. The van der Waals surface area contributed by atoms with E-state index in [1.807, 2.05) is 11.8 Å². The van der Waals surface area contributed by atoms with Crippen molar-refractivity contribution in [3.8, 4) is 12.3 Å². The molecule has 2 aliphatic rings.